The summed E-state index contributed by atoms with van der Waals surface area (Å²) in [4.78, 5) is 10.8. The molecule has 0 amide bonds. The summed E-state index contributed by atoms with van der Waals surface area (Å²) in [6, 6.07) is 2.55. The maximum absolute atomic E-state index is 13.3. The molecule has 1 aromatic carbocycles. The van der Waals surface area contributed by atoms with Crippen molar-refractivity contribution in [3.05, 3.63) is 29.1 Å². The van der Waals surface area contributed by atoms with Gasteiger partial charge in [0.25, 0.3) is 0 Å². The Hall–Kier alpha value is -1.62. The number of carboxylic acid groups (broad SMARTS) is 1. The lowest BCUT2D eigenvalue weighted by atomic mass is 9.96. The topological polar surface area (TPSA) is 69.6 Å². The molecule has 86 valence electrons. The van der Waals surface area contributed by atoms with E-state index in [0.29, 0.717) is 12.1 Å². The Morgan fingerprint density at radius 2 is 2.25 bits per heavy atom. The number of carbonyl (C=O) groups is 1. The fourth-order valence-corrected chi connectivity index (χ4v) is 1.96. The third kappa shape index (κ3) is 1.86. The normalized spacial score (nSPS) is 19.9. The highest BCUT2D eigenvalue weighted by Gasteiger charge is 2.22. The van der Waals surface area contributed by atoms with E-state index >= 15 is 0 Å². The third-order valence-electron chi connectivity index (χ3n) is 2.85. The van der Waals surface area contributed by atoms with Gasteiger partial charge in [0, 0.05) is 6.54 Å². The maximum atomic E-state index is 13.3. The van der Waals surface area contributed by atoms with Gasteiger partial charge >= 0.3 is 5.97 Å². The number of benzene rings is 1. The fourth-order valence-electron chi connectivity index (χ4n) is 1.96. The van der Waals surface area contributed by atoms with E-state index in [4.69, 9.17) is 5.11 Å². The largest absolute Gasteiger partial charge is 0.504 e. The van der Waals surface area contributed by atoms with E-state index in [9.17, 15) is 14.3 Å². The van der Waals surface area contributed by atoms with E-state index in [1.807, 2.05) is 0 Å². The minimum absolute atomic E-state index is 0.119. The molecule has 16 heavy (non-hydrogen) atoms. The Labute approximate surface area is 91.7 Å². The highest BCUT2D eigenvalue weighted by Crippen LogP contribution is 2.29. The molecule has 0 aliphatic carbocycles. The highest BCUT2D eigenvalue weighted by molar-refractivity contribution is 5.91. The molecule has 4 nitrogen and oxygen atoms in total. The third-order valence-corrected chi connectivity index (χ3v) is 2.85. The molecular formula is C11H12FNO3. The monoisotopic (exact) mass is 225 g/mol. The quantitative estimate of drug-likeness (QED) is 0.709. The van der Waals surface area contributed by atoms with Gasteiger partial charge in [-0.15, -0.1) is 0 Å². The predicted molar refractivity (Wildman–Crippen MR) is 55.3 cm³/mol. The van der Waals surface area contributed by atoms with Crippen LogP contribution in [-0.4, -0.2) is 29.3 Å². The van der Waals surface area contributed by atoms with Gasteiger partial charge < -0.3 is 15.5 Å². The number of aromatic hydroxyl groups is 1. The number of aromatic carboxylic acids is 1. The second kappa shape index (κ2) is 4.09. The standard InChI is InChI=1S/C11H12FNO3/c12-9-4-7(6-1-2-13-5-6)3-8(10(9)14)11(15)16/h3-4,6,13-14H,1-2,5H2,(H,15,16). The van der Waals surface area contributed by atoms with Crippen molar-refractivity contribution in [3.63, 3.8) is 0 Å². The lowest BCUT2D eigenvalue weighted by molar-refractivity contribution is 0.0692. The summed E-state index contributed by atoms with van der Waals surface area (Å²) in [5.74, 6) is -2.86. The van der Waals surface area contributed by atoms with E-state index in [1.54, 1.807) is 0 Å². The molecule has 0 radical (unpaired) electrons. The lowest BCUT2D eigenvalue weighted by Crippen LogP contribution is -2.09. The molecule has 1 unspecified atom stereocenters. The minimum Gasteiger partial charge on any atom is -0.504 e. The first kappa shape index (κ1) is 10.9. The number of halogens is 1. The molecule has 5 heteroatoms. The first-order valence-electron chi connectivity index (χ1n) is 5.06. The second-order valence-electron chi connectivity index (χ2n) is 3.89. The van der Waals surface area contributed by atoms with Crippen LogP contribution in [0.5, 0.6) is 5.75 Å². The van der Waals surface area contributed by atoms with Gasteiger partial charge in [-0.3, -0.25) is 0 Å². The van der Waals surface area contributed by atoms with Gasteiger partial charge in [-0.25, -0.2) is 9.18 Å². The SMILES string of the molecule is O=C(O)c1cc(C2CCNC2)cc(F)c1O. The van der Waals surface area contributed by atoms with Crippen molar-refractivity contribution in [2.45, 2.75) is 12.3 Å². The molecule has 1 aliphatic heterocycles. The van der Waals surface area contributed by atoms with Crippen LogP contribution in [0.4, 0.5) is 4.39 Å². The summed E-state index contributed by atoms with van der Waals surface area (Å²) >= 11 is 0. The van der Waals surface area contributed by atoms with Gasteiger partial charge in [0.2, 0.25) is 0 Å². The highest BCUT2D eigenvalue weighted by atomic mass is 19.1. The van der Waals surface area contributed by atoms with E-state index in [2.05, 4.69) is 5.32 Å². The Morgan fingerprint density at radius 1 is 1.50 bits per heavy atom. The van der Waals surface area contributed by atoms with Crippen molar-refractivity contribution in [1.82, 2.24) is 5.32 Å². The number of hydrogen-bond donors (Lipinski definition) is 3. The molecule has 1 fully saturated rings. The van der Waals surface area contributed by atoms with Crippen molar-refractivity contribution in [1.29, 1.82) is 0 Å². The van der Waals surface area contributed by atoms with Crippen molar-refractivity contribution in [3.8, 4) is 5.75 Å². The summed E-state index contributed by atoms with van der Waals surface area (Å²) < 4.78 is 13.3. The van der Waals surface area contributed by atoms with Gasteiger partial charge in [0.15, 0.2) is 11.6 Å². The molecule has 0 bridgehead atoms. The smallest absolute Gasteiger partial charge is 0.339 e. The van der Waals surface area contributed by atoms with Gasteiger partial charge in [-0.1, -0.05) is 0 Å². The molecule has 1 heterocycles. The van der Waals surface area contributed by atoms with Gasteiger partial charge in [0.1, 0.15) is 5.56 Å². The van der Waals surface area contributed by atoms with Crippen LogP contribution in [0.2, 0.25) is 0 Å². The molecule has 1 saturated heterocycles. The molecule has 0 aromatic heterocycles. The number of rotatable bonds is 2. The number of carboxylic acids is 1. The molecular weight excluding hydrogens is 213 g/mol. The van der Waals surface area contributed by atoms with Crippen LogP contribution < -0.4 is 5.32 Å². The van der Waals surface area contributed by atoms with Gasteiger partial charge in [0.05, 0.1) is 0 Å². The molecule has 2 rings (SSSR count). The summed E-state index contributed by atoms with van der Waals surface area (Å²) in [5, 5.41) is 21.2. The first-order chi connectivity index (χ1) is 7.59. The van der Waals surface area contributed by atoms with E-state index in [-0.39, 0.29) is 11.5 Å². The van der Waals surface area contributed by atoms with Crippen LogP contribution >= 0.6 is 0 Å². The van der Waals surface area contributed by atoms with Crippen molar-refractivity contribution < 1.29 is 19.4 Å². The van der Waals surface area contributed by atoms with Crippen LogP contribution in [0.3, 0.4) is 0 Å². The molecule has 0 spiro atoms. The average Bonchev–Trinajstić information content (AvgIpc) is 2.74. The summed E-state index contributed by atoms with van der Waals surface area (Å²) in [6.45, 7) is 1.55. The molecule has 1 atom stereocenters. The second-order valence-corrected chi connectivity index (χ2v) is 3.89. The number of phenols is 1. The molecule has 3 N–H and O–H groups in total. The van der Waals surface area contributed by atoms with Gasteiger partial charge in [-0.05, 0) is 36.6 Å². The van der Waals surface area contributed by atoms with Gasteiger partial charge in [-0.2, -0.15) is 0 Å². The zero-order chi connectivity index (χ0) is 11.7. The Bertz CT molecular complexity index is 427. The molecule has 1 aromatic rings. The number of nitrogens with one attached hydrogen (secondary N) is 1. The van der Waals surface area contributed by atoms with Crippen LogP contribution in [-0.2, 0) is 0 Å². The van der Waals surface area contributed by atoms with E-state index in [0.717, 1.165) is 13.0 Å². The maximum Gasteiger partial charge on any atom is 0.339 e. The zero-order valence-electron chi connectivity index (χ0n) is 8.53. The average molecular weight is 225 g/mol. The van der Waals surface area contributed by atoms with E-state index in [1.165, 1.54) is 12.1 Å². The molecule has 1 aliphatic rings. The lowest BCUT2D eigenvalue weighted by Gasteiger charge is -2.11. The summed E-state index contributed by atoms with van der Waals surface area (Å²) in [5.41, 5.74) is 0.250. The van der Waals surface area contributed by atoms with Crippen LogP contribution in [0.25, 0.3) is 0 Å². The number of hydrogen-bond acceptors (Lipinski definition) is 3. The van der Waals surface area contributed by atoms with Crippen molar-refractivity contribution in [2.75, 3.05) is 13.1 Å². The Kier molecular flexibility index (Phi) is 2.78. The Morgan fingerprint density at radius 3 is 2.81 bits per heavy atom. The zero-order valence-corrected chi connectivity index (χ0v) is 8.53. The van der Waals surface area contributed by atoms with Crippen molar-refractivity contribution >= 4 is 5.97 Å². The van der Waals surface area contributed by atoms with Crippen LogP contribution in [0.15, 0.2) is 12.1 Å². The summed E-state index contributed by atoms with van der Waals surface area (Å²) in [7, 11) is 0. The van der Waals surface area contributed by atoms with Crippen LogP contribution in [0.1, 0.15) is 28.3 Å². The van der Waals surface area contributed by atoms with Crippen molar-refractivity contribution in [2.24, 2.45) is 0 Å². The van der Waals surface area contributed by atoms with E-state index < -0.39 is 17.5 Å². The van der Waals surface area contributed by atoms with Crippen LogP contribution in [0, 0.1) is 5.82 Å². The minimum atomic E-state index is -1.32. The molecule has 0 saturated carbocycles. The summed E-state index contributed by atoms with van der Waals surface area (Å²) in [6.07, 6.45) is 0.850. The first-order valence-corrected chi connectivity index (χ1v) is 5.06. The fraction of sp³-hybridized carbons (Fsp3) is 0.364. The Balaban J connectivity index is 2.43. The predicted octanol–water partition coefficient (Wildman–Crippen LogP) is 1.31.